The zero-order valence-electron chi connectivity index (χ0n) is 24.2. The second-order valence-electron chi connectivity index (χ2n) is 9.76. The lowest BCUT2D eigenvalue weighted by Gasteiger charge is -2.09. The van der Waals surface area contributed by atoms with Crippen molar-refractivity contribution in [1.29, 1.82) is 0 Å². The van der Waals surface area contributed by atoms with E-state index in [4.69, 9.17) is 9.47 Å². The molecule has 9 nitrogen and oxygen atoms in total. The molecule has 3 heterocycles. The van der Waals surface area contributed by atoms with Crippen LogP contribution in [0, 0.1) is 13.8 Å². The molecule has 2 aromatic carbocycles. The number of carbonyl (C=O) groups is 4. The number of pyridine rings is 1. The molecule has 2 amide bonds. The van der Waals surface area contributed by atoms with Gasteiger partial charge in [-0.3, -0.25) is 14.6 Å². The maximum atomic E-state index is 13.1. The monoisotopic (exact) mass is 625 g/mol. The Bertz CT molecular complexity index is 1720. The number of ether oxygens (including phenoxy) is 2. The van der Waals surface area contributed by atoms with Crippen LogP contribution in [-0.2, 0) is 9.47 Å². The van der Waals surface area contributed by atoms with E-state index in [1.165, 1.54) is 55.2 Å². The van der Waals surface area contributed by atoms with Gasteiger partial charge in [0.1, 0.15) is 26.8 Å². The first kappa shape index (κ1) is 30.3. The van der Waals surface area contributed by atoms with Crippen molar-refractivity contribution >= 4 is 56.4 Å². The lowest BCUT2D eigenvalue weighted by molar-refractivity contribution is 0.0594. The van der Waals surface area contributed by atoms with Gasteiger partial charge in [-0.1, -0.05) is 59.7 Å². The summed E-state index contributed by atoms with van der Waals surface area (Å²) in [6, 6.07) is 18.2. The van der Waals surface area contributed by atoms with Crippen LogP contribution in [0.5, 0.6) is 0 Å². The first-order chi connectivity index (χ1) is 21.2. The highest BCUT2D eigenvalue weighted by Crippen LogP contribution is 2.38. The Balaban J connectivity index is 1.34. The predicted molar refractivity (Wildman–Crippen MR) is 172 cm³/mol. The average molecular weight is 626 g/mol. The second kappa shape index (κ2) is 13.0. The van der Waals surface area contributed by atoms with E-state index in [9.17, 15) is 19.2 Å². The Morgan fingerprint density at radius 1 is 0.636 bits per heavy atom. The quantitative estimate of drug-likeness (QED) is 0.174. The van der Waals surface area contributed by atoms with Crippen LogP contribution >= 0.6 is 22.7 Å². The first-order valence-electron chi connectivity index (χ1n) is 13.3. The summed E-state index contributed by atoms with van der Waals surface area (Å²) < 4.78 is 9.98. The van der Waals surface area contributed by atoms with Gasteiger partial charge in [0.2, 0.25) is 0 Å². The molecule has 0 saturated carbocycles. The third-order valence-corrected chi connectivity index (χ3v) is 8.59. The summed E-state index contributed by atoms with van der Waals surface area (Å²) in [5, 5.41) is 9.73. The van der Waals surface area contributed by atoms with Crippen molar-refractivity contribution in [3.05, 3.63) is 111 Å². The molecule has 11 heteroatoms. The van der Waals surface area contributed by atoms with Gasteiger partial charge in [-0.2, -0.15) is 0 Å². The van der Waals surface area contributed by atoms with Crippen molar-refractivity contribution in [3.63, 3.8) is 0 Å². The Morgan fingerprint density at radius 2 is 1.09 bits per heavy atom. The van der Waals surface area contributed by atoms with E-state index in [-0.39, 0.29) is 22.4 Å². The summed E-state index contributed by atoms with van der Waals surface area (Å²) in [5.74, 6) is -2.23. The lowest BCUT2D eigenvalue weighted by Crippen LogP contribution is -2.17. The number of esters is 2. The number of hydrogen-bond donors (Lipinski definition) is 2. The largest absolute Gasteiger partial charge is 0.465 e. The number of nitrogens with one attached hydrogen (secondary N) is 2. The van der Waals surface area contributed by atoms with Gasteiger partial charge in [0.05, 0.1) is 19.8 Å². The molecule has 5 rings (SSSR count). The zero-order valence-corrected chi connectivity index (χ0v) is 25.9. The summed E-state index contributed by atoms with van der Waals surface area (Å²) >= 11 is 2.40. The Morgan fingerprint density at radius 3 is 1.50 bits per heavy atom. The van der Waals surface area contributed by atoms with E-state index in [1.807, 2.05) is 62.4 Å². The predicted octanol–water partition coefficient (Wildman–Crippen LogP) is 7.23. The van der Waals surface area contributed by atoms with Crippen LogP contribution in [0.3, 0.4) is 0 Å². The van der Waals surface area contributed by atoms with E-state index in [2.05, 4.69) is 15.6 Å². The normalized spacial score (nSPS) is 10.6. The first-order valence-corrected chi connectivity index (χ1v) is 15.1. The molecule has 0 unspecified atom stereocenters. The van der Waals surface area contributed by atoms with Crippen LogP contribution in [0.1, 0.15) is 52.7 Å². The van der Waals surface area contributed by atoms with Crippen LogP contribution in [0.2, 0.25) is 0 Å². The number of carbonyl (C=O) groups excluding carboxylic acids is 4. The summed E-state index contributed by atoms with van der Waals surface area (Å²) in [6.45, 7) is 3.94. The van der Waals surface area contributed by atoms with Gasteiger partial charge >= 0.3 is 11.9 Å². The number of methoxy groups -OCH3 is 2. The molecule has 0 bridgehead atoms. The fourth-order valence-electron chi connectivity index (χ4n) is 4.41. The topological polar surface area (TPSA) is 124 Å². The minimum absolute atomic E-state index is 0.0377. The Kier molecular flexibility index (Phi) is 8.98. The molecule has 0 radical (unpaired) electrons. The summed E-state index contributed by atoms with van der Waals surface area (Å²) in [4.78, 5) is 55.7. The fourth-order valence-corrected chi connectivity index (χ4v) is 6.31. The summed E-state index contributed by atoms with van der Waals surface area (Å²) in [6.07, 6.45) is 1.27. The lowest BCUT2D eigenvalue weighted by atomic mass is 10.0. The third kappa shape index (κ3) is 6.29. The zero-order chi connectivity index (χ0) is 31.4. The van der Waals surface area contributed by atoms with Gasteiger partial charge in [-0.25, -0.2) is 9.59 Å². The summed E-state index contributed by atoms with van der Waals surface area (Å²) in [5.41, 5.74) is 5.78. The fraction of sp³-hybridized carbons (Fsp3) is 0.121. The minimum atomic E-state index is -0.581. The molecule has 0 aliphatic carbocycles. The van der Waals surface area contributed by atoms with E-state index < -0.39 is 23.8 Å². The van der Waals surface area contributed by atoms with Crippen molar-refractivity contribution in [2.24, 2.45) is 0 Å². The molecule has 0 aliphatic heterocycles. The molecular formula is C33H27N3O6S2. The van der Waals surface area contributed by atoms with Crippen molar-refractivity contribution in [3.8, 4) is 22.3 Å². The number of aromatic nitrogens is 1. The van der Waals surface area contributed by atoms with E-state index in [0.717, 1.165) is 22.3 Å². The molecule has 0 saturated heterocycles. The number of aryl methyl sites for hydroxylation is 2. The van der Waals surface area contributed by atoms with Crippen LogP contribution in [0.15, 0.2) is 77.6 Å². The van der Waals surface area contributed by atoms with E-state index in [0.29, 0.717) is 21.1 Å². The van der Waals surface area contributed by atoms with Crippen molar-refractivity contribution in [2.45, 2.75) is 13.8 Å². The molecule has 222 valence electrons. The van der Waals surface area contributed by atoms with E-state index in [1.54, 1.807) is 10.8 Å². The standard InChI is InChI=1S/C33H27N3O6S2/c1-18-5-9-20(10-6-18)23-16-43-30(26(23)32(39)41-3)35-28(37)22-13-14-25(34-15-22)29(38)36-31-27(33(40)42-4)24(17-44-31)21-11-7-19(2)8-12-21/h5-17H,1-4H3,(H,35,37)(H,36,38). The van der Waals surface area contributed by atoms with Gasteiger partial charge < -0.3 is 20.1 Å². The third-order valence-electron chi connectivity index (χ3n) is 6.80. The van der Waals surface area contributed by atoms with Gasteiger partial charge in [0.25, 0.3) is 11.8 Å². The molecular weight excluding hydrogens is 599 g/mol. The number of anilines is 2. The molecule has 0 aliphatic rings. The van der Waals surface area contributed by atoms with Crippen molar-refractivity contribution < 1.29 is 28.7 Å². The number of rotatable bonds is 8. The maximum Gasteiger partial charge on any atom is 0.341 e. The van der Waals surface area contributed by atoms with Gasteiger partial charge in [-0.05, 0) is 37.1 Å². The smallest absolute Gasteiger partial charge is 0.341 e. The number of benzene rings is 2. The molecule has 0 fully saturated rings. The van der Waals surface area contributed by atoms with Gasteiger partial charge in [-0.15, -0.1) is 22.7 Å². The van der Waals surface area contributed by atoms with Crippen LogP contribution < -0.4 is 10.6 Å². The minimum Gasteiger partial charge on any atom is -0.465 e. The van der Waals surface area contributed by atoms with Crippen molar-refractivity contribution in [2.75, 3.05) is 24.9 Å². The number of hydrogen-bond acceptors (Lipinski definition) is 9. The second-order valence-corrected chi connectivity index (χ2v) is 11.5. The van der Waals surface area contributed by atoms with Crippen LogP contribution in [0.4, 0.5) is 10.0 Å². The van der Waals surface area contributed by atoms with Gasteiger partial charge in [0.15, 0.2) is 0 Å². The van der Waals surface area contributed by atoms with Crippen LogP contribution in [-0.4, -0.2) is 43.0 Å². The molecule has 0 spiro atoms. The highest BCUT2D eigenvalue weighted by Gasteiger charge is 2.25. The van der Waals surface area contributed by atoms with Crippen molar-refractivity contribution in [1.82, 2.24) is 4.98 Å². The molecule has 5 aromatic rings. The highest BCUT2D eigenvalue weighted by molar-refractivity contribution is 7.15. The molecule has 0 atom stereocenters. The summed E-state index contributed by atoms with van der Waals surface area (Å²) in [7, 11) is 2.56. The maximum absolute atomic E-state index is 13.1. The Hall–Kier alpha value is -5.13. The molecule has 3 aromatic heterocycles. The Labute approximate surface area is 261 Å². The van der Waals surface area contributed by atoms with E-state index >= 15 is 0 Å². The average Bonchev–Trinajstić information content (AvgIpc) is 3.65. The number of thiophene rings is 2. The molecule has 44 heavy (non-hydrogen) atoms. The van der Waals surface area contributed by atoms with Crippen LogP contribution in [0.25, 0.3) is 22.3 Å². The molecule has 2 N–H and O–H groups in total. The van der Waals surface area contributed by atoms with Gasteiger partial charge in [0, 0.05) is 28.1 Å². The number of nitrogens with zero attached hydrogens (tertiary/aromatic N) is 1. The SMILES string of the molecule is COC(=O)c1c(-c2ccc(C)cc2)csc1NC(=O)c1ccc(C(=O)Nc2scc(-c3ccc(C)cc3)c2C(=O)OC)nc1. The highest BCUT2D eigenvalue weighted by atomic mass is 32.1. The number of amides is 2.